The van der Waals surface area contributed by atoms with Crippen LogP contribution in [0.3, 0.4) is 0 Å². The van der Waals surface area contributed by atoms with Crippen LogP contribution in [0.15, 0.2) is 30.5 Å². The Bertz CT molecular complexity index is 581. The zero-order chi connectivity index (χ0) is 14.0. The van der Waals surface area contributed by atoms with Crippen LogP contribution in [-0.2, 0) is 0 Å². The molecule has 100 valence electrons. The Labute approximate surface area is 112 Å². The van der Waals surface area contributed by atoms with Crippen LogP contribution in [0.1, 0.15) is 28.4 Å². The highest BCUT2D eigenvalue weighted by Crippen LogP contribution is 2.32. The van der Waals surface area contributed by atoms with Crippen molar-refractivity contribution < 1.29 is 9.13 Å². The van der Waals surface area contributed by atoms with Crippen molar-refractivity contribution >= 4 is 0 Å². The number of benzene rings is 1. The lowest BCUT2D eigenvalue weighted by atomic mass is 9.97. The molecule has 1 unspecified atom stereocenters. The number of hydrogen-bond donors (Lipinski definition) is 1. The summed E-state index contributed by atoms with van der Waals surface area (Å²) in [5.41, 5.74) is 9.85. The van der Waals surface area contributed by atoms with Gasteiger partial charge in [-0.1, -0.05) is 12.1 Å². The van der Waals surface area contributed by atoms with Crippen LogP contribution in [0.25, 0.3) is 0 Å². The fraction of sp³-hybridized carbons (Fsp3) is 0.267. The molecular formula is C15H17FN2O. The third kappa shape index (κ3) is 2.58. The summed E-state index contributed by atoms with van der Waals surface area (Å²) in [6.45, 7) is 4.01. The lowest BCUT2D eigenvalue weighted by Crippen LogP contribution is -2.15. The summed E-state index contributed by atoms with van der Waals surface area (Å²) in [6.07, 6.45) is 1.17. The molecule has 2 N–H and O–H groups in total. The lowest BCUT2D eigenvalue weighted by molar-refractivity contribution is 0.404. The molecule has 0 fully saturated rings. The zero-order valence-corrected chi connectivity index (χ0v) is 11.3. The number of methoxy groups -OCH3 is 1. The first-order valence-electron chi connectivity index (χ1n) is 6.05. The second-order valence-electron chi connectivity index (χ2n) is 4.51. The van der Waals surface area contributed by atoms with Crippen LogP contribution in [0.4, 0.5) is 4.39 Å². The van der Waals surface area contributed by atoms with Crippen LogP contribution >= 0.6 is 0 Å². The maximum absolute atomic E-state index is 12.9. The minimum absolute atomic E-state index is 0.372. The minimum Gasteiger partial charge on any atom is -0.496 e. The highest BCUT2D eigenvalue weighted by atomic mass is 19.1. The summed E-state index contributed by atoms with van der Waals surface area (Å²) < 4.78 is 18.3. The molecule has 1 aromatic heterocycles. The average molecular weight is 260 g/mol. The predicted octanol–water partition coefficient (Wildman–Crippen LogP) is 2.89. The van der Waals surface area contributed by atoms with E-state index in [4.69, 9.17) is 10.5 Å². The minimum atomic E-state index is -0.435. The molecule has 0 saturated heterocycles. The van der Waals surface area contributed by atoms with Crippen LogP contribution in [0.5, 0.6) is 5.75 Å². The Kier molecular flexibility index (Phi) is 3.81. The number of nitrogens with two attached hydrogens (primary N) is 1. The molecule has 0 amide bonds. The number of nitrogens with zero attached hydrogens (tertiary/aromatic N) is 1. The molecule has 0 radical (unpaired) electrons. The normalized spacial score (nSPS) is 12.3. The first-order chi connectivity index (χ1) is 9.04. The van der Waals surface area contributed by atoms with Gasteiger partial charge in [0.2, 0.25) is 0 Å². The number of rotatable bonds is 3. The fourth-order valence-corrected chi connectivity index (χ4v) is 2.06. The predicted molar refractivity (Wildman–Crippen MR) is 72.7 cm³/mol. The van der Waals surface area contributed by atoms with Gasteiger partial charge in [0, 0.05) is 5.56 Å². The standard InChI is InChI=1S/C15H17FN2O/c1-9-4-6-12(15(19-3)10(9)2)14(17)13-7-5-11(16)8-18-13/h4-8,14H,17H2,1-3H3. The topological polar surface area (TPSA) is 48.1 Å². The smallest absolute Gasteiger partial charge is 0.141 e. The van der Waals surface area contributed by atoms with E-state index < -0.39 is 6.04 Å². The number of halogens is 1. The van der Waals surface area contributed by atoms with E-state index >= 15 is 0 Å². The quantitative estimate of drug-likeness (QED) is 0.923. The third-order valence-corrected chi connectivity index (χ3v) is 3.32. The SMILES string of the molecule is COc1c(C(N)c2ccc(F)cn2)ccc(C)c1C. The molecule has 0 bridgehead atoms. The Balaban J connectivity index is 2.46. The number of hydrogen-bond acceptors (Lipinski definition) is 3. The molecule has 19 heavy (non-hydrogen) atoms. The second kappa shape index (κ2) is 5.36. The second-order valence-corrected chi connectivity index (χ2v) is 4.51. The van der Waals surface area contributed by atoms with E-state index in [2.05, 4.69) is 4.98 Å². The zero-order valence-electron chi connectivity index (χ0n) is 11.3. The summed E-state index contributed by atoms with van der Waals surface area (Å²) in [5.74, 6) is 0.390. The van der Waals surface area contributed by atoms with Crippen molar-refractivity contribution in [3.05, 3.63) is 58.7 Å². The number of pyridine rings is 1. The molecule has 0 aliphatic carbocycles. The molecular weight excluding hydrogens is 243 g/mol. The Hall–Kier alpha value is -1.94. The molecule has 0 aliphatic heterocycles. The largest absolute Gasteiger partial charge is 0.496 e. The van der Waals surface area contributed by atoms with E-state index in [9.17, 15) is 4.39 Å². The molecule has 4 heteroatoms. The molecule has 0 spiro atoms. The highest BCUT2D eigenvalue weighted by Gasteiger charge is 2.17. The van der Waals surface area contributed by atoms with Gasteiger partial charge in [0.1, 0.15) is 11.6 Å². The van der Waals surface area contributed by atoms with E-state index in [0.717, 1.165) is 22.4 Å². The van der Waals surface area contributed by atoms with Crippen molar-refractivity contribution in [1.29, 1.82) is 0 Å². The highest BCUT2D eigenvalue weighted by molar-refractivity contribution is 5.48. The molecule has 2 aromatic rings. The Morgan fingerprint density at radius 3 is 2.53 bits per heavy atom. The fourth-order valence-electron chi connectivity index (χ4n) is 2.06. The summed E-state index contributed by atoms with van der Waals surface area (Å²) in [6, 6.07) is 6.44. The number of aromatic nitrogens is 1. The first kappa shape index (κ1) is 13.5. The molecule has 0 aliphatic rings. The summed E-state index contributed by atoms with van der Waals surface area (Å²) in [4.78, 5) is 4.03. The molecule has 2 rings (SSSR count). The van der Waals surface area contributed by atoms with Gasteiger partial charge in [-0.05, 0) is 37.1 Å². The molecule has 1 atom stereocenters. The van der Waals surface area contributed by atoms with Gasteiger partial charge in [0.25, 0.3) is 0 Å². The molecule has 0 saturated carbocycles. The van der Waals surface area contributed by atoms with Crippen molar-refractivity contribution in [3.63, 3.8) is 0 Å². The van der Waals surface area contributed by atoms with Crippen molar-refractivity contribution in [2.45, 2.75) is 19.9 Å². The van der Waals surface area contributed by atoms with Gasteiger partial charge in [-0.15, -0.1) is 0 Å². The Morgan fingerprint density at radius 2 is 1.95 bits per heavy atom. The molecule has 1 aromatic carbocycles. The van der Waals surface area contributed by atoms with Crippen LogP contribution in [-0.4, -0.2) is 12.1 Å². The van der Waals surface area contributed by atoms with Crippen LogP contribution < -0.4 is 10.5 Å². The lowest BCUT2D eigenvalue weighted by Gasteiger charge is -2.18. The van der Waals surface area contributed by atoms with Gasteiger partial charge >= 0.3 is 0 Å². The average Bonchev–Trinajstić information content (AvgIpc) is 2.41. The summed E-state index contributed by atoms with van der Waals surface area (Å²) >= 11 is 0. The van der Waals surface area contributed by atoms with Gasteiger partial charge in [0.05, 0.1) is 25.0 Å². The monoisotopic (exact) mass is 260 g/mol. The van der Waals surface area contributed by atoms with E-state index in [1.807, 2.05) is 26.0 Å². The summed E-state index contributed by atoms with van der Waals surface area (Å²) in [7, 11) is 1.62. The molecule has 3 nitrogen and oxygen atoms in total. The van der Waals surface area contributed by atoms with Crippen molar-refractivity contribution in [1.82, 2.24) is 4.98 Å². The van der Waals surface area contributed by atoms with Crippen LogP contribution in [0, 0.1) is 19.7 Å². The van der Waals surface area contributed by atoms with E-state index in [1.165, 1.54) is 12.3 Å². The summed E-state index contributed by atoms with van der Waals surface area (Å²) in [5, 5.41) is 0. The van der Waals surface area contributed by atoms with Crippen molar-refractivity contribution in [2.75, 3.05) is 7.11 Å². The van der Waals surface area contributed by atoms with Crippen molar-refractivity contribution in [3.8, 4) is 5.75 Å². The van der Waals surface area contributed by atoms with Gasteiger partial charge in [-0.3, -0.25) is 4.98 Å². The number of aryl methyl sites for hydroxylation is 1. The Morgan fingerprint density at radius 1 is 1.21 bits per heavy atom. The van der Waals surface area contributed by atoms with Crippen molar-refractivity contribution in [2.24, 2.45) is 5.73 Å². The van der Waals surface area contributed by atoms with Gasteiger partial charge < -0.3 is 10.5 Å². The molecule has 1 heterocycles. The maximum atomic E-state index is 12.9. The van der Waals surface area contributed by atoms with E-state index in [1.54, 1.807) is 13.2 Å². The van der Waals surface area contributed by atoms with Gasteiger partial charge in [-0.25, -0.2) is 4.39 Å². The van der Waals surface area contributed by atoms with E-state index in [0.29, 0.717) is 5.69 Å². The van der Waals surface area contributed by atoms with Crippen LogP contribution in [0.2, 0.25) is 0 Å². The first-order valence-corrected chi connectivity index (χ1v) is 6.05. The van der Waals surface area contributed by atoms with E-state index in [-0.39, 0.29) is 5.82 Å². The third-order valence-electron chi connectivity index (χ3n) is 3.32. The van der Waals surface area contributed by atoms with Gasteiger partial charge in [0.15, 0.2) is 0 Å². The maximum Gasteiger partial charge on any atom is 0.141 e. The van der Waals surface area contributed by atoms with Gasteiger partial charge in [-0.2, -0.15) is 0 Å². The number of ether oxygens (including phenoxy) is 1.